The molecule has 3 fully saturated rings. The van der Waals surface area contributed by atoms with Crippen molar-refractivity contribution in [2.45, 2.75) is 37.0 Å². The molecular weight excluding hydrogens is 408 g/mol. The zero-order chi connectivity index (χ0) is 22.3. The fraction of sp³-hybridized carbons (Fsp3) is 0.417. The largest absolute Gasteiger partial charge is 0.497 e. The predicted octanol–water partition coefficient (Wildman–Crippen LogP) is 3.22. The standard InChI is InChI=1S/C24H28N4O4/c1-31-16-10-6-14(7-11-16)20-18-4-3-5-19-21(15-8-12-17(32-2)13-9-15)26-23(30)28-24(18,19)27-22(29)25-20/h6-13,18-21H,3-5H2,1-2H3,(H2,25,27,29)(H2,26,28,30)/t18-,19-,20-,21+,24?/m0/s1. The highest BCUT2D eigenvalue weighted by Gasteiger charge is 2.60. The second kappa shape index (κ2) is 7.93. The lowest BCUT2D eigenvalue weighted by molar-refractivity contribution is -0.0123. The van der Waals surface area contributed by atoms with E-state index in [9.17, 15) is 9.59 Å². The molecule has 1 saturated carbocycles. The predicted molar refractivity (Wildman–Crippen MR) is 118 cm³/mol. The summed E-state index contributed by atoms with van der Waals surface area (Å²) in [5.41, 5.74) is 1.16. The van der Waals surface area contributed by atoms with Crippen LogP contribution in [-0.4, -0.2) is 31.9 Å². The number of ether oxygens (including phenoxy) is 2. The fourth-order valence-electron chi connectivity index (χ4n) is 5.73. The molecular formula is C24H28N4O4. The Morgan fingerprint density at radius 1 is 0.719 bits per heavy atom. The van der Waals surface area contributed by atoms with Crippen LogP contribution in [0.15, 0.2) is 48.5 Å². The molecule has 8 nitrogen and oxygen atoms in total. The lowest BCUT2D eigenvalue weighted by Crippen LogP contribution is -2.80. The molecule has 0 aromatic heterocycles. The van der Waals surface area contributed by atoms with E-state index in [0.717, 1.165) is 41.9 Å². The van der Waals surface area contributed by atoms with Crippen molar-refractivity contribution in [2.24, 2.45) is 11.8 Å². The van der Waals surface area contributed by atoms with E-state index in [2.05, 4.69) is 21.3 Å². The van der Waals surface area contributed by atoms with E-state index in [0.29, 0.717) is 0 Å². The minimum atomic E-state index is -0.835. The highest BCUT2D eigenvalue weighted by molar-refractivity contribution is 5.81. The first-order valence-corrected chi connectivity index (χ1v) is 11.0. The highest BCUT2D eigenvalue weighted by atomic mass is 16.5. The number of methoxy groups -OCH3 is 2. The zero-order valence-corrected chi connectivity index (χ0v) is 18.2. The summed E-state index contributed by atoms with van der Waals surface area (Å²) in [4.78, 5) is 25.7. The van der Waals surface area contributed by atoms with E-state index in [1.54, 1.807) is 14.2 Å². The topological polar surface area (TPSA) is 101 Å². The van der Waals surface area contributed by atoms with E-state index in [1.807, 2.05) is 48.5 Å². The molecule has 168 valence electrons. The summed E-state index contributed by atoms with van der Waals surface area (Å²) in [6.45, 7) is 0. The molecule has 0 bridgehead atoms. The normalized spacial score (nSPS) is 31.1. The number of benzene rings is 2. The monoisotopic (exact) mass is 436 g/mol. The zero-order valence-electron chi connectivity index (χ0n) is 18.2. The van der Waals surface area contributed by atoms with Gasteiger partial charge in [0.05, 0.1) is 26.3 Å². The van der Waals surface area contributed by atoms with Crippen LogP contribution >= 0.6 is 0 Å². The lowest BCUT2D eigenvalue weighted by atomic mass is 9.62. The Balaban J connectivity index is 1.54. The number of hydrogen-bond donors (Lipinski definition) is 4. The van der Waals surface area contributed by atoms with Crippen LogP contribution < -0.4 is 30.7 Å². The smallest absolute Gasteiger partial charge is 0.317 e. The van der Waals surface area contributed by atoms with Gasteiger partial charge in [-0.1, -0.05) is 30.7 Å². The number of amides is 4. The molecule has 2 saturated heterocycles. The maximum absolute atomic E-state index is 12.9. The molecule has 32 heavy (non-hydrogen) atoms. The second-order valence-electron chi connectivity index (χ2n) is 8.71. The fourth-order valence-corrected chi connectivity index (χ4v) is 5.73. The summed E-state index contributed by atoms with van der Waals surface area (Å²) in [5.74, 6) is 1.53. The minimum absolute atomic E-state index is 0.000793. The first-order valence-electron chi connectivity index (χ1n) is 11.0. The maximum atomic E-state index is 12.9. The van der Waals surface area contributed by atoms with E-state index >= 15 is 0 Å². The van der Waals surface area contributed by atoms with Crippen LogP contribution in [0.1, 0.15) is 42.5 Å². The third kappa shape index (κ3) is 3.30. The van der Waals surface area contributed by atoms with Gasteiger partial charge < -0.3 is 30.7 Å². The molecule has 2 aromatic carbocycles. The van der Waals surface area contributed by atoms with Crippen LogP contribution in [0.25, 0.3) is 0 Å². The first-order chi connectivity index (χ1) is 15.5. The summed E-state index contributed by atoms with van der Waals surface area (Å²) >= 11 is 0. The summed E-state index contributed by atoms with van der Waals surface area (Å²) in [7, 11) is 3.26. The van der Waals surface area contributed by atoms with Gasteiger partial charge in [0.1, 0.15) is 17.2 Å². The highest BCUT2D eigenvalue weighted by Crippen LogP contribution is 2.50. The molecule has 4 amide bonds. The van der Waals surface area contributed by atoms with Gasteiger partial charge >= 0.3 is 12.1 Å². The third-order valence-corrected chi connectivity index (χ3v) is 7.17. The Morgan fingerprint density at radius 3 is 1.50 bits per heavy atom. The molecule has 5 atom stereocenters. The molecule has 1 spiro atoms. The Morgan fingerprint density at radius 2 is 1.12 bits per heavy atom. The first kappa shape index (κ1) is 20.5. The average Bonchev–Trinajstić information content (AvgIpc) is 2.82. The Labute approximate surface area is 187 Å². The quantitative estimate of drug-likeness (QED) is 0.591. The average molecular weight is 437 g/mol. The van der Waals surface area contributed by atoms with Crippen LogP contribution in [0, 0.1) is 11.8 Å². The van der Waals surface area contributed by atoms with Crippen molar-refractivity contribution in [1.29, 1.82) is 0 Å². The molecule has 2 aliphatic heterocycles. The molecule has 3 aliphatic rings. The van der Waals surface area contributed by atoms with E-state index in [1.165, 1.54) is 0 Å². The molecule has 2 aromatic rings. The van der Waals surface area contributed by atoms with Crippen molar-refractivity contribution in [3.05, 3.63) is 59.7 Å². The van der Waals surface area contributed by atoms with Gasteiger partial charge in [-0.15, -0.1) is 0 Å². The van der Waals surface area contributed by atoms with Gasteiger partial charge in [-0.2, -0.15) is 0 Å². The van der Waals surface area contributed by atoms with Gasteiger partial charge in [-0.3, -0.25) is 0 Å². The van der Waals surface area contributed by atoms with E-state index < -0.39 is 5.66 Å². The molecule has 4 N–H and O–H groups in total. The third-order valence-electron chi connectivity index (χ3n) is 7.17. The van der Waals surface area contributed by atoms with Gasteiger partial charge in [0.2, 0.25) is 0 Å². The molecule has 2 heterocycles. The summed E-state index contributed by atoms with van der Waals surface area (Å²) < 4.78 is 10.6. The number of hydrogen-bond acceptors (Lipinski definition) is 4. The van der Waals surface area contributed by atoms with Gasteiger partial charge in [0.25, 0.3) is 0 Å². The maximum Gasteiger partial charge on any atom is 0.317 e. The number of nitrogens with one attached hydrogen (secondary N) is 4. The minimum Gasteiger partial charge on any atom is -0.497 e. The molecule has 1 unspecified atom stereocenters. The van der Waals surface area contributed by atoms with Crippen molar-refractivity contribution >= 4 is 12.1 Å². The summed E-state index contributed by atoms with van der Waals surface area (Å²) in [6.07, 6.45) is 2.78. The van der Waals surface area contributed by atoms with Gasteiger partial charge in [-0.05, 0) is 48.2 Å². The van der Waals surface area contributed by atoms with Crippen LogP contribution in [0.2, 0.25) is 0 Å². The summed E-state index contributed by atoms with van der Waals surface area (Å²) in [6, 6.07) is 14.6. The van der Waals surface area contributed by atoms with Gasteiger partial charge in [-0.25, -0.2) is 9.59 Å². The Bertz CT molecular complexity index is 926. The van der Waals surface area contributed by atoms with Crippen LogP contribution in [0.4, 0.5) is 9.59 Å². The van der Waals surface area contributed by atoms with Gasteiger partial charge in [0, 0.05) is 11.8 Å². The number of urea groups is 2. The summed E-state index contributed by atoms with van der Waals surface area (Å²) in [5, 5.41) is 12.5. The lowest BCUT2D eigenvalue weighted by Gasteiger charge is -2.59. The van der Waals surface area contributed by atoms with E-state index in [-0.39, 0.29) is 36.0 Å². The molecule has 1 aliphatic carbocycles. The van der Waals surface area contributed by atoms with E-state index in [4.69, 9.17) is 9.47 Å². The number of carbonyl (C=O) groups is 2. The van der Waals surface area contributed by atoms with Crippen molar-refractivity contribution in [3.8, 4) is 11.5 Å². The van der Waals surface area contributed by atoms with Crippen molar-refractivity contribution in [3.63, 3.8) is 0 Å². The molecule has 8 heteroatoms. The number of carbonyl (C=O) groups excluding carboxylic acids is 2. The van der Waals surface area contributed by atoms with Crippen molar-refractivity contribution in [1.82, 2.24) is 21.3 Å². The molecule has 5 rings (SSSR count). The second-order valence-corrected chi connectivity index (χ2v) is 8.71. The van der Waals surface area contributed by atoms with Crippen molar-refractivity contribution in [2.75, 3.05) is 14.2 Å². The van der Waals surface area contributed by atoms with Crippen LogP contribution in [0.5, 0.6) is 11.5 Å². The molecule has 0 radical (unpaired) electrons. The Kier molecular flexibility index (Phi) is 5.07. The number of rotatable bonds is 4. The Hall–Kier alpha value is -3.42. The van der Waals surface area contributed by atoms with Crippen LogP contribution in [-0.2, 0) is 0 Å². The van der Waals surface area contributed by atoms with Crippen LogP contribution in [0.3, 0.4) is 0 Å². The SMILES string of the molecule is COc1ccc([C@H]2NC(=O)NC34NC(=O)N[C@@H](c5ccc(OC)cc5)[C@@H]3CCC[C@@H]24)cc1. The van der Waals surface area contributed by atoms with Gasteiger partial charge in [0.15, 0.2) is 0 Å². The van der Waals surface area contributed by atoms with Crippen molar-refractivity contribution < 1.29 is 19.1 Å².